The molecule has 168 valence electrons. The van der Waals surface area contributed by atoms with E-state index in [0.29, 0.717) is 13.0 Å². The Morgan fingerprint density at radius 3 is 2.37 bits per heavy atom. The van der Waals surface area contributed by atoms with Crippen molar-refractivity contribution in [2.75, 3.05) is 39.3 Å². The van der Waals surface area contributed by atoms with Crippen LogP contribution in [0.1, 0.15) is 25.8 Å². The lowest BCUT2D eigenvalue weighted by Crippen LogP contribution is -2.43. The van der Waals surface area contributed by atoms with Gasteiger partial charge >= 0.3 is 12.1 Å². The Bertz CT molecular complexity index is 757. The predicted molar refractivity (Wildman–Crippen MR) is 105 cm³/mol. The van der Waals surface area contributed by atoms with Crippen molar-refractivity contribution >= 4 is 29.1 Å². The molecule has 2 amide bonds. The number of carboxylic acids is 1. The number of aliphatic carboxylic acids is 1. The highest BCUT2D eigenvalue weighted by molar-refractivity contribution is 7.07. The highest BCUT2D eigenvalue weighted by Gasteiger charge is 2.46. The number of nitrogens with zero attached hydrogens (tertiary/aromatic N) is 3. The van der Waals surface area contributed by atoms with Gasteiger partial charge in [0.25, 0.3) is 0 Å². The maximum atomic E-state index is 12.3. The predicted octanol–water partition coefficient (Wildman–Crippen LogP) is 2.28. The first-order chi connectivity index (χ1) is 14.0. The number of hydrogen-bond acceptors (Lipinski definition) is 5. The summed E-state index contributed by atoms with van der Waals surface area (Å²) in [5.41, 5.74) is 1.20. The van der Waals surface area contributed by atoms with E-state index in [4.69, 9.17) is 9.90 Å². The minimum absolute atomic E-state index is 0.115. The van der Waals surface area contributed by atoms with Crippen molar-refractivity contribution in [3.63, 3.8) is 0 Å². The topological polar surface area (TPSA) is 81.2 Å². The molecule has 0 aromatic carbocycles. The van der Waals surface area contributed by atoms with Crippen molar-refractivity contribution in [3.8, 4) is 0 Å². The summed E-state index contributed by atoms with van der Waals surface area (Å²) in [6.07, 6.45) is -4.52. The van der Waals surface area contributed by atoms with Gasteiger partial charge < -0.3 is 14.9 Å². The van der Waals surface area contributed by atoms with Gasteiger partial charge in [-0.25, -0.2) is 4.79 Å². The molecule has 7 nitrogen and oxygen atoms in total. The van der Waals surface area contributed by atoms with E-state index in [1.807, 2.05) is 16.7 Å². The van der Waals surface area contributed by atoms with E-state index in [2.05, 4.69) is 21.7 Å². The fourth-order valence-electron chi connectivity index (χ4n) is 3.88. The summed E-state index contributed by atoms with van der Waals surface area (Å²) in [6.45, 7) is 9.30. The van der Waals surface area contributed by atoms with Crippen molar-refractivity contribution in [2.45, 2.75) is 33.0 Å². The first-order valence-electron chi connectivity index (χ1n) is 9.52. The summed E-state index contributed by atoms with van der Waals surface area (Å²) in [4.78, 5) is 39.4. The molecule has 2 saturated heterocycles. The molecule has 0 bridgehead atoms. The Morgan fingerprint density at radius 2 is 1.90 bits per heavy atom. The lowest BCUT2D eigenvalue weighted by atomic mass is 9.86. The first kappa shape index (κ1) is 24.1. The average molecular weight is 449 g/mol. The summed E-state index contributed by atoms with van der Waals surface area (Å²) in [5, 5.41) is 11.4. The van der Waals surface area contributed by atoms with Gasteiger partial charge in [-0.2, -0.15) is 24.5 Å². The summed E-state index contributed by atoms with van der Waals surface area (Å²) in [7, 11) is 0. The van der Waals surface area contributed by atoms with Crippen molar-refractivity contribution in [1.82, 2.24) is 14.7 Å². The van der Waals surface area contributed by atoms with Crippen LogP contribution >= 0.6 is 11.3 Å². The summed E-state index contributed by atoms with van der Waals surface area (Å²) < 4.78 is 31.7. The molecule has 1 atom stereocenters. The molecule has 3 rings (SSSR count). The maximum Gasteiger partial charge on any atom is 0.490 e. The van der Waals surface area contributed by atoms with Gasteiger partial charge in [0, 0.05) is 64.6 Å². The number of likely N-dealkylation sites (tertiary alicyclic amines) is 1. The minimum atomic E-state index is -5.08. The summed E-state index contributed by atoms with van der Waals surface area (Å²) in [6, 6.07) is 2.16. The number of carbonyl (C=O) groups excluding carboxylic acids is 2. The quantitative estimate of drug-likeness (QED) is 0.766. The van der Waals surface area contributed by atoms with Gasteiger partial charge in [0.2, 0.25) is 11.8 Å². The van der Waals surface area contributed by atoms with Crippen LogP contribution in [0.4, 0.5) is 13.2 Å². The zero-order chi connectivity index (χ0) is 22.5. The molecule has 1 N–H and O–H groups in total. The standard InChI is InChI=1S/C17H25N3O2S.C2HF3O2/c1-3-19-12-17(8-16(19)22)11-18(9-15-4-7-23-10-15)5-6-20(13-17)14(2)21;3-2(4,5)1(6)7/h4,7,10H,3,5-6,8-9,11-13H2,1-2H3;(H,6,7). The number of hydrogen-bond donors (Lipinski definition) is 1. The fraction of sp³-hybridized carbons (Fsp3) is 0.632. The van der Waals surface area contributed by atoms with Gasteiger partial charge in [-0.3, -0.25) is 14.5 Å². The fourth-order valence-corrected chi connectivity index (χ4v) is 4.54. The Balaban J connectivity index is 0.000000396. The summed E-state index contributed by atoms with van der Waals surface area (Å²) in [5.74, 6) is -2.41. The molecule has 3 heterocycles. The third-order valence-corrected chi connectivity index (χ3v) is 5.96. The van der Waals surface area contributed by atoms with Crippen LogP contribution in [0.15, 0.2) is 16.8 Å². The van der Waals surface area contributed by atoms with E-state index in [0.717, 1.165) is 39.3 Å². The van der Waals surface area contributed by atoms with Gasteiger partial charge in [0.15, 0.2) is 0 Å². The van der Waals surface area contributed by atoms with Gasteiger partial charge in [-0.1, -0.05) is 0 Å². The van der Waals surface area contributed by atoms with Crippen molar-refractivity contribution < 1.29 is 32.7 Å². The van der Waals surface area contributed by atoms with Gasteiger partial charge in [0.1, 0.15) is 0 Å². The molecule has 0 saturated carbocycles. The van der Waals surface area contributed by atoms with Crippen molar-refractivity contribution in [3.05, 3.63) is 22.4 Å². The second-order valence-electron chi connectivity index (χ2n) is 7.67. The molecule has 1 aromatic rings. The third-order valence-electron chi connectivity index (χ3n) is 5.23. The van der Waals surface area contributed by atoms with Crippen LogP contribution in [-0.2, 0) is 20.9 Å². The summed E-state index contributed by atoms with van der Waals surface area (Å²) >= 11 is 1.71. The minimum Gasteiger partial charge on any atom is -0.475 e. The number of rotatable bonds is 3. The van der Waals surface area contributed by atoms with Gasteiger partial charge in [0.05, 0.1) is 0 Å². The molecule has 2 aliphatic heterocycles. The van der Waals surface area contributed by atoms with Crippen LogP contribution in [0.3, 0.4) is 0 Å². The Hall–Kier alpha value is -2.14. The van der Waals surface area contributed by atoms with Crippen LogP contribution < -0.4 is 0 Å². The molecule has 0 aliphatic carbocycles. The van der Waals surface area contributed by atoms with Crippen LogP contribution in [0.5, 0.6) is 0 Å². The van der Waals surface area contributed by atoms with Crippen molar-refractivity contribution in [1.29, 1.82) is 0 Å². The van der Waals surface area contributed by atoms with Crippen LogP contribution in [-0.4, -0.2) is 83.0 Å². The highest BCUT2D eigenvalue weighted by Crippen LogP contribution is 2.35. The van der Waals surface area contributed by atoms with E-state index in [9.17, 15) is 22.8 Å². The molecule has 2 aliphatic rings. The second kappa shape index (κ2) is 9.78. The lowest BCUT2D eigenvalue weighted by Gasteiger charge is -2.33. The zero-order valence-corrected chi connectivity index (χ0v) is 17.8. The first-order valence-corrected chi connectivity index (χ1v) is 10.5. The molecule has 0 radical (unpaired) electrons. The normalized spacial score (nSPS) is 22.6. The third kappa shape index (κ3) is 6.43. The van der Waals surface area contributed by atoms with Gasteiger partial charge in [-0.05, 0) is 29.3 Å². The van der Waals surface area contributed by atoms with E-state index >= 15 is 0 Å². The zero-order valence-electron chi connectivity index (χ0n) is 16.9. The van der Waals surface area contributed by atoms with Crippen LogP contribution in [0.25, 0.3) is 0 Å². The smallest absolute Gasteiger partial charge is 0.475 e. The molecule has 1 unspecified atom stereocenters. The molecular formula is C19H26F3N3O4S. The lowest BCUT2D eigenvalue weighted by molar-refractivity contribution is -0.192. The molecule has 1 aromatic heterocycles. The van der Waals surface area contributed by atoms with Crippen LogP contribution in [0, 0.1) is 5.41 Å². The number of thiophene rings is 1. The van der Waals surface area contributed by atoms with Gasteiger partial charge in [-0.15, -0.1) is 0 Å². The highest BCUT2D eigenvalue weighted by atomic mass is 32.1. The number of alkyl halides is 3. The number of carboxylic acid groups (broad SMARTS) is 1. The van der Waals surface area contributed by atoms with Crippen molar-refractivity contribution in [2.24, 2.45) is 5.41 Å². The monoisotopic (exact) mass is 449 g/mol. The number of amides is 2. The van der Waals surface area contributed by atoms with E-state index in [-0.39, 0.29) is 17.2 Å². The Kier molecular flexibility index (Phi) is 7.87. The Labute approximate surface area is 177 Å². The maximum absolute atomic E-state index is 12.3. The molecule has 11 heteroatoms. The second-order valence-corrected chi connectivity index (χ2v) is 8.45. The largest absolute Gasteiger partial charge is 0.490 e. The average Bonchev–Trinajstić information content (AvgIpc) is 3.20. The molecule has 1 spiro atoms. The molecule has 2 fully saturated rings. The number of carbonyl (C=O) groups is 3. The van der Waals surface area contributed by atoms with Crippen LogP contribution in [0.2, 0.25) is 0 Å². The molecular weight excluding hydrogens is 423 g/mol. The van der Waals surface area contributed by atoms with E-state index in [1.54, 1.807) is 18.3 Å². The Morgan fingerprint density at radius 1 is 1.23 bits per heavy atom. The van der Waals surface area contributed by atoms with E-state index in [1.165, 1.54) is 5.56 Å². The molecule has 30 heavy (non-hydrogen) atoms. The SMILES string of the molecule is CCN1CC2(CC1=O)CN(Cc1ccsc1)CCN(C(C)=O)C2.O=C(O)C(F)(F)F. The van der Waals surface area contributed by atoms with E-state index < -0.39 is 12.1 Å². The number of halogens is 3.